The first-order valence-corrected chi connectivity index (χ1v) is 36.5. The zero-order valence-corrected chi connectivity index (χ0v) is 68.4. The summed E-state index contributed by atoms with van der Waals surface area (Å²) in [5.41, 5.74) is 0. The number of aliphatic hydroxyl groups excluding tert-OH is 14. The summed E-state index contributed by atoms with van der Waals surface area (Å²) in [6.07, 6.45) is -37.2. The van der Waals surface area contributed by atoms with E-state index in [-0.39, 0.29) is 112 Å². The Balaban J connectivity index is 0.000000510. The molecule has 111 heavy (non-hydrogen) atoms. The van der Waals surface area contributed by atoms with E-state index in [1.54, 1.807) is 20.8 Å². The minimum absolute atomic E-state index is 0. The van der Waals surface area contributed by atoms with Gasteiger partial charge in [0.15, 0.2) is 18.9 Å². The fraction of sp³-hybridized carbons (Fsp3) is 0.940. The number of carbonyl (C=O) groups is 4. The van der Waals surface area contributed by atoms with Gasteiger partial charge in [0.2, 0.25) is 11.8 Å². The molecule has 0 spiro atoms. The molecule has 636 valence electrons. The summed E-state index contributed by atoms with van der Waals surface area (Å²) in [4.78, 5) is 47.7. The average molecular weight is 1640 g/mol. The van der Waals surface area contributed by atoms with Gasteiger partial charge in [0.05, 0.1) is 122 Å². The molecule has 8 fully saturated rings. The molecule has 8 rings (SSSR count). The van der Waals surface area contributed by atoms with Crippen molar-refractivity contribution in [3.63, 3.8) is 0 Å². The molecule has 44 heteroatoms. The molecule has 0 aromatic heterocycles. The third kappa shape index (κ3) is 31.6. The molecule has 0 saturated carbocycles. The van der Waals surface area contributed by atoms with Crippen molar-refractivity contribution in [3.05, 3.63) is 0 Å². The maximum Gasteiger partial charge on any atom is 1.00 e. The number of rotatable bonds is 42. The molecule has 8 aliphatic rings. The molecule has 0 aliphatic carbocycles. The first-order chi connectivity index (χ1) is 51.9. The van der Waals surface area contributed by atoms with E-state index in [0.717, 1.165) is 66.7 Å². The van der Waals surface area contributed by atoms with Gasteiger partial charge < -0.3 is 197 Å². The first-order valence-electron chi connectivity index (χ1n) is 36.5. The number of carboxylic acids is 2. The van der Waals surface area contributed by atoms with Crippen LogP contribution >= 0.6 is 0 Å². The predicted octanol–water partition coefficient (Wildman–Crippen LogP) is -17.6. The Hall–Kier alpha value is -1.48. The van der Waals surface area contributed by atoms with E-state index in [1.807, 2.05) is 0 Å². The smallest absolute Gasteiger partial charge is 0.547 e. The zero-order chi connectivity index (χ0) is 80.3. The van der Waals surface area contributed by atoms with Gasteiger partial charge >= 0.3 is 59.1 Å². The van der Waals surface area contributed by atoms with Crippen LogP contribution in [0.25, 0.3) is 0 Å². The van der Waals surface area contributed by atoms with Crippen molar-refractivity contribution in [2.75, 3.05) is 127 Å². The van der Waals surface area contributed by atoms with Crippen LogP contribution in [0.3, 0.4) is 0 Å². The van der Waals surface area contributed by atoms with Crippen molar-refractivity contribution < 1.29 is 255 Å². The predicted molar refractivity (Wildman–Crippen MR) is 355 cm³/mol. The van der Waals surface area contributed by atoms with Crippen LogP contribution in [0.4, 0.5) is 0 Å². The van der Waals surface area contributed by atoms with Crippen LogP contribution < -0.4 is 80.0 Å². The van der Waals surface area contributed by atoms with Crippen LogP contribution in [-0.4, -0.2) is 430 Å². The molecular formula is C67H116N2Na2O40. The van der Waals surface area contributed by atoms with Crippen molar-refractivity contribution in [1.29, 1.82) is 0 Å². The number of amides is 2. The van der Waals surface area contributed by atoms with Gasteiger partial charge in [-0.3, -0.25) is 9.59 Å². The Bertz CT molecular complexity index is 2590. The van der Waals surface area contributed by atoms with Gasteiger partial charge in [-0.15, -0.1) is 0 Å². The Morgan fingerprint density at radius 1 is 0.432 bits per heavy atom. The number of aliphatic carboxylic acids is 2. The molecule has 0 aromatic carbocycles. The Morgan fingerprint density at radius 3 is 1.32 bits per heavy atom. The van der Waals surface area contributed by atoms with Crippen molar-refractivity contribution in [2.45, 2.75) is 275 Å². The molecule has 0 bridgehead atoms. The quantitative estimate of drug-likeness (QED) is 0.0153. The minimum atomic E-state index is -1.87. The topological polar surface area (TPSA) is 613 Å². The number of carbonyl (C=O) groups excluding carboxylic acids is 4. The fourth-order valence-corrected chi connectivity index (χ4v) is 12.7. The molecule has 42 nitrogen and oxygen atoms in total. The van der Waals surface area contributed by atoms with Crippen LogP contribution in [0.5, 0.6) is 0 Å². The number of ether oxygens (including phenoxy) is 20. The number of unbranched alkanes of at least 4 members (excludes halogenated alkanes) is 2. The third-order valence-corrected chi connectivity index (χ3v) is 18.9. The number of nitrogens with one attached hydrogen (secondary N) is 2. The molecule has 8 aliphatic heterocycles. The fourth-order valence-electron chi connectivity index (χ4n) is 12.7. The zero-order valence-electron chi connectivity index (χ0n) is 64.4. The van der Waals surface area contributed by atoms with Gasteiger partial charge in [-0.2, -0.15) is 0 Å². The van der Waals surface area contributed by atoms with Gasteiger partial charge in [-0.1, -0.05) is 6.92 Å². The normalized spacial score (nSPS) is 39.1. The molecule has 0 radical (unpaired) electrons. The Labute approximate surface area is 686 Å². The van der Waals surface area contributed by atoms with Crippen LogP contribution in [0, 0.1) is 0 Å². The van der Waals surface area contributed by atoms with E-state index < -0.39 is 233 Å². The molecule has 8 heterocycles. The summed E-state index contributed by atoms with van der Waals surface area (Å²) in [5.74, 6) is -4.55. The summed E-state index contributed by atoms with van der Waals surface area (Å²) < 4.78 is 109. The molecule has 0 aromatic rings. The van der Waals surface area contributed by atoms with Crippen LogP contribution in [0.1, 0.15) is 66.7 Å². The summed E-state index contributed by atoms with van der Waals surface area (Å²) in [5, 5.41) is 174. The summed E-state index contributed by atoms with van der Waals surface area (Å²) >= 11 is 0. The molecule has 8 saturated heterocycles. The first kappa shape index (κ1) is 102. The van der Waals surface area contributed by atoms with E-state index >= 15 is 0 Å². The maximum absolute atomic E-state index is 12.0. The Morgan fingerprint density at radius 2 is 0.847 bits per heavy atom. The molecule has 16 unspecified atom stereocenters. The van der Waals surface area contributed by atoms with Gasteiger partial charge in [0.25, 0.3) is 0 Å². The number of aliphatic hydroxyl groups is 14. The number of hydrogen-bond acceptors (Lipinski definition) is 40. The van der Waals surface area contributed by atoms with Crippen LogP contribution in [0.2, 0.25) is 0 Å². The second kappa shape index (κ2) is 51.9. The number of carboxylic acid groups (broad SMARTS) is 2. The van der Waals surface area contributed by atoms with E-state index in [2.05, 4.69) is 10.6 Å². The largest absolute Gasteiger partial charge is 1.00 e. The minimum Gasteiger partial charge on any atom is -0.547 e. The monoisotopic (exact) mass is 1630 g/mol. The summed E-state index contributed by atoms with van der Waals surface area (Å²) in [7, 11) is 3.62. The molecular weight excluding hydrogens is 1520 g/mol. The van der Waals surface area contributed by atoms with E-state index in [4.69, 9.17) is 94.7 Å². The maximum atomic E-state index is 12.0. The standard InChI is InChI=1S/C42H72N2O26.C15H28O10.C10H18O4.2Na/c1-17-25(43-19(3)46)32(27(50)23(11-45)65-17)68-42-36(31(54)35(60-6)38(70-42)40(57)58)64-15-22(49)13-62-10-8-7-9-61-12-21(48)14-63-16-24-28(51)33(26(18(2)66-24)44-20(4)47)67-41-30(53)29(52)34(59-5)37(69-41)39(55)56;1-3-6-9(16)12(19)11(18)8(24-6)5-23-15-14(21)13(20)10(17)7(25-15)4-22-2;1(3-11-5-9-7-13-9)2-4-12-6-10-8-14-10;;/h17-18,21-38,41-42,45,48-54H,7-16H2,1-6H3,(H,43,46)(H,44,47)(H,55,56)(H,57,58);6-21H,3-5H2,1-2H3;9-10H,1-8H2;;/q;;;2*+1/p-2/t17-,18-,21?,22?,23?,24?,25?,26?,27-,28-,29-,30?,31+,32-,33-,34+,35+,36?,37?,38?,41-,42-;6-,7?,8?,9?,10-,11-,12-,13+,14?,15+;;;/m11.../s1. The summed E-state index contributed by atoms with van der Waals surface area (Å²) in [6, 6.07) is -2.06. The van der Waals surface area contributed by atoms with Crippen molar-refractivity contribution >= 4 is 23.8 Å². The molecule has 16 N–H and O–H groups in total. The van der Waals surface area contributed by atoms with Gasteiger partial charge in [0.1, 0.15) is 159 Å². The number of hydrogen-bond donors (Lipinski definition) is 16. The van der Waals surface area contributed by atoms with Gasteiger partial charge in [-0.25, -0.2) is 0 Å². The second-order valence-electron chi connectivity index (χ2n) is 27.6. The molecule has 34 atom stereocenters. The van der Waals surface area contributed by atoms with E-state index in [1.165, 1.54) is 21.0 Å². The second-order valence-corrected chi connectivity index (χ2v) is 27.6. The van der Waals surface area contributed by atoms with E-state index in [0.29, 0.717) is 31.5 Å². The number of epoxide rings is 2. The molecule has 2 amide bonds. The Kier molecular flexibility index (Phi) is 47.6. The number of methoxy groups -OCH3 is 3. The van der Waals surface area contributed by atoms with Crippen LogP contribution in [0.15, 0.2) is 0 Å². The van der Waals surface area contributed by atoms with Gasteiger partial charge in [0, 0.05) is 61.6 Å². The van der Waals surface area contributed by atoms with Crippen molar-refractivity contribution in [3.8, 4) is 0 Å². The average Bonchev–Trinajstić information content (AvgIpc) is 1.59. The van der Waals surface area contributed by atoms with Crippen molar-refractivity contribution in [1.82, 2.24) is 10.6 Å². The SMILES string of the molecule is C(CCOCC1CO1)COCC1CO1.CC[C@H]1OC(CO[C@H]2OC(COC)[C@@H](O)[C@H](O)C2O)[C@@H](O)[C@H](O)C1O.CO[C@@H]1C(C(=O)[O-])O[C@@H](O[C@@H]2C(NC(C)=O)[C@@H](C)OC(COCC(O)COCCCCOCC(O)COC3[C@H](O[C@@H]4C(NC(C)=O)[C@@H](C)OC(CO)[C@H]4O)OC(C(=O)[O-])[C@@H](OC)[C@@H]3O)[C@H]2O)C(O)[C@H]1O.[Na+].[Na+]. The van der Waals surface area contributed by atoms with Gasteiger partial charge in [-0.05, 0) is 46.0 Å². The van der Waals surface area contributed by atoms with Crippen LogP contribution in [-0.2, 0) is 114 Å². The third-order valence-electron chi connectivity index (χ3n) is 18.9. The van der Waals surface area contributed by atoms with E-state index in [9.17, 15) is 101 Å². The van der Waals surface area contributed by atoms with Crippen molar-refractivity contribution in [2.24, 2.45) is 0 Å². The summed E-state index contributed by atoms with van der Waals surface area (Å²) in [6.45, 7) is 10.3.